The lowest BCUT2D eigenvalue weighted by Crippen LogP contribution is -2.50. The summed E-state index contributed by atoms with van der Waals surface area (Å²) < 4.78 is 0.984. The molecule has 1 aromatic carbocycles. The Morgan fingerprint density at radius 1 is 1.28 bits per heavy atom. The van der Waals surface area contributed by atoms with Gasteiger partial charge in [-0.15, -0.1) is 0 Å². The molecule has 0 radical (unpaired) electrons. The zero-order valence-corrected chi connectivity index (χ0v) is 18.9. The Kier molecular flexibility index (Phi) is 6.58. The number of halogens is 1. The summed E-state index contributed by atoms with van der Waals surface area (Å²) in [5, 5.41) is 12.7. The lowest BCUT2D eigenvalue weighted by atomic mass is 9.95. The van der Waals surface area contributed by atoms with Gasteiger partial charge in [0.25, 0.3) is 0 Å². The molecule has 2 heterocycles. The Morgan fingerprint density at radius 2 is 2.00 bits per heavy atom. The highest BCUT2D eigenvalue weighted by Gasteiger charge is 2.43. The summed E-state index contributed by atoms with van der Waals surface area (Å²) in [4.78, 5) is 19.2. The van der Waals surface area contributed by atoms with Crippen molar-refractivity contribution < 1.29 is 4.79 Å². The number of hydrazine groups is 1. The van der Waals surface area contributed by atoms with E-state index in [0.717, 1.165) is 23.0 Å². The number of hydrogen-bond donors (Lipinski definition) is 4. The largest absolute Gasteiger partial charge is 0.353 e. The van der Waals surface area contributed by atoms with Crippen molar-refractivity contribution in [2.45, 2.75) is 57.3 Å². The summed E-state index contributed by atoms with van der Waals surface area (Å²) in [6.45, 7) is 2.05. The maximum absolute atomic E-state index is 12.5. The van der Waals surface area contributed by atoms with Gasteiger partial charge in [0.05, 0.1) is 11.7 Å². The minimum absolute atomic E-state index is 0.0416. The Balaban J connectivity index is 1.50. The predicted molar refractivity (Wildman–Crippen MR) is 122 cm³/mol. The highest BCUT2D eigenvalue weighted by atomic mass is 79.9. The third-order valence-corrected chi connectivity index (χ3v) is 7.20. The first-order valence-corrected chi connectivity index (χ1v) is 12.0. The van der Waals surface area contributed by atoms with E-state index in [0.29, 0.717) is 22.8 Å². The van der Waals surface area contributed by atoms with Gasteiger partial charge in [-0.25, -0.2) is 10.4 Å². The molecular formula is C20H27BrN6OS. The number of amides is 1. The third-order valence-electron chi connectivity index (χ3n) is 5.72. The van der Waals surface area contributed by atoms with Crippen LogP contribution in [0.1, 0.15) is 39.0 Å². The van der Waals surface area contributed by atoms with Crippen molar-refractivity contribution in [3.8, 4) is 0 Å². The van der Waals surface area contributed by atoms with Crippen molar-refractivity contribution in [2.75, 3.05) is 10.7 Å². The van der Waals surface area contributed by atoms with E-state index in [4.69, 9.17) is 10.4 Å². The Hall–Kier alpha value is -1.42. The number of nitrogens with one attached hydrogen (secondary N) is 4. The molecule has 1 saturated carbocycles. The SMILES string of the molecule is CC1NNC2N=C(SCC(=O)NC3CCCCC3)N(c3ccc(Br)cc3)C(=N)C12. The minimum atomic E-state index is -0.187. The number of thioether (sulfide) groups is 1. The van der Waals surface area contributed by atoms with Crippen molar-refractivity contribution in [3.05, 3.63) is 28.7 Å². The average Bonchev–Trinajstić information content (AvgIpc) is 3.09. The molecule has 4 N–H and O–H groups in total. The van der Waals surface area contributed by atoms with Gasteiger partial charge in [-0.05, 0) is 44.0 Å². The van der Waals surface area contributed by atoms with Crippen LogP contribution in [0.3, 0.4) is 0 Å². The maximum Gasteiger partial charge on any atom is 0.230 e. The molecule has 3 atom stereocenters. The fourth-order valence-electron chi connectivity index (χ4n) is 4.19. The van der Waals surface area contributed by atoms with Gasteiger partial charge in [0, 0.05) is 22.2 Å². The fourth-order valence-corrected chi connectivity index (χ4v) is 5.31. The van der Waals surface area contributed by atoms with Gasteiger partial charge in [-0.2, -0.15) is 0 Å². The molecule has 2 fully saturated rings. The number of carbonyl (C=O) groups excluding carboxylic acids is 1. The molecule has 4 rings (SSSR count). The van der Waals surface area contributed by atoms with E-state index in [2.05, 4.69) is 39.0 Å². The van der Waals surface area contributed by atoms with Gasteiger partial charge in [0.1, 0.15) is 12.0 Å². The molecule has 0 bridgehead atoms. The number of aliphatic imine (C=N–C) groups is 1. The van der Waals surface area contributed by atoms with Crippen molar-refractivity contribution >= 4 is 50.3 Å². The quantitative estimate of drug-likeness (QED) is 0.532. The lowest BCUT2D eigenvalue weighted by molar-refractivity contribution is -0.119. The van der Waals surface area contributed by atoms with Crippen LogP contribution in [0, 0.1) is 11.3 Å². The van der Waals surface area contributed by atoms with Gasteiger partial charge in [0.15, 0.2) is 5.17 Å². The summed E-state index contributed by atoms with van der Waals surface area (Å²) in [5.41, 5.74) is 7.25. The topological polar surface area (TPSA) is 92.6 Å². The van der Waals surface area contributed by atoms with Crippen LogP contribution in [0.2, 0.25) is 0 Å². The molecular weight excluding hydrogens is 452 g/mol. The number of nitrogens with zero attached hydrogens (tertiary/aromatic N) is 2. The summed E-state index contributed by atoms with van der Waals surface area (Å²) >= 11 is 4.87. The third kappa shape index (κ3) is 4.68. The summed E-state index contributed by atoms with van der Waals surface area (Å²) in [6, 6.07) is 8.27. The first-order chi connectivity index (χ1) is 14.0. The van der Waals surface area contributed by atoms with E-state index in [9.17, 15) is 4.79 Å². The number of carbonyl (C=O) groups is 1. The van der Waals surface area contributed by atoms with Crippen LogP contribution >= 0.6 is 27.7 Å². The standard InChI is InChI=1S/C20H27BrN6OS/c1-12-17-18(22)27(15-9-7-13(21)8-10-15)20(24-19(17)26-25-12)29-11-16(28)23-14-5-3-2-4-6-14/h7-10,12,14,17,19,22,25-26H,2-6,11H2,1H3,(H,23,28). The Labute approximate surface area is 184 Å². The second kappa shape index (κ2) is 9.16. The molecule has 156 valence electrons. The number of amidine groups is 2. The normalized spacial score (nSPS) is 27.5. The average molecular weight is 479 g/mol. The second-order valence-electron chi connectivity index (χ2n) is 7.85. The van der Waals surface area contributed by atoms with E-state index in [1.54, 1.807) is 0 Å². The lowest BCUT2D eigenvalue weighted by Gasteiger charge is -2.36. The first kappa shape index (κ1) is 20.8. The van der Waals surface area contributed by atoms with Gasteiger partial charge >= 0.3 is 0 Å². The minimum Gasteiger partial charge on any atom is -0.353 e. The molecule has 0 aromatic heterocycles. The predicted octanol–water partition coefficient (Wildman–Crippen LogP) is 3.22. The van der Waals surface area contributed by atoms with Crippen molar-refractivity contribution in [2.24, 2.45) is 10.9 Å². The summed E-state index contributed by atoms with van der Waals surface area (Å²) in [6.07, 6.45) is 5.62. The van der Waals surface area contributed by atoms with Gasteiger partial charge < -0.3 is 5.32 Å². The van der Waals surface area contributed by atoms with Crippen LogP contribution in [0.15, 0.2) is 33.7 Å². The molecule has 2 aliphatic heterocycles. The molecule has 0 spiro atoms. The molecule has 3 unspecified atom stereocenters. The Bertz CT molecular complexity index is 795. The van der Waals surface area contributed by atoms with Crippen molar-refractivity contribution in [1.29, 1.82) is 5.41 Å². The van der Waals surface area contributed by atoms with E-state index < -0.39 is 0 Å². The van der Waals surface area contributed by atoms with E-state index in [1.807, 2.05) is 29.2 Å². The van der Waals surface area contributed by atoms with E-state index in [-0.39, 0.29) is 24.0 Å². The second-order valence-corrected chi connectivity index (χ2v) is 9.71. The van der Waals surface area contributed by atoms with Crippen LogP contribution in [-0.4, -0.2) is 40.9 Å². The number of hydrogen-bond acceptors (Lipinski definition) is 6. The van der Waals surface area contributed by atoms with Crippen molar-refractivity contribution in [1.82, 2.24) is 16.2 Å². The number of benzene rings is 1. The monoisotopic (exact) mass is 478 g/mol. The zero-order chi connectivity index (χ0) is 20.4. The van der Waals surface area contributed by atoms with Gasteiger partial charge in [0.2, 0.25) is 5.91 Å². The van der Waals surface area contributed by atoms with E-state index in [1.165, 1.54) is 31.0 Å². The highest BCUT2D eigenvalue weighted by molar-refractivity contribution is 9.10. The van der Waals surface area contributed by atoms with Crippen LogP contribution in [0.25, 0.3) is 0 Å². The molecule has 1 saturated heterocycles. The van der Waals surface area contributed by atoms with E-state index >= 15 is 0 Å². The molecule has 7 nitrogen and oxygen atoms in total. The summed E-state index contributed by atoms with van der Waals surface area (Å²) in [7, 11) is 0. The number of anilines is 1. The van der Waals surface area contributed by atoms with Crippen LogP contribution in [0.4, 0.5) is 5.69 Å². The van der Waals surface area contributed by atoms with Crippen LogP contribution in [0.5, 0.6) is 0 Å². The highest BCUT2D eigenvalue weighted by Crippen LogP contribution is 2.32. The van der Waals surface area contributed by atoms with Crippen LogP contribution in [-0.2, 0) is 4.79 Å². The molecule has 3 aliphatic rings. The van der Waals surface area contributed by atoms with Gasteiger partial charge in [-0.3, -0.25) is 20.5 Å². The fraction of sp³-hybridized carbons (Fsp3) is 0.550. The number of rotatable bonds is 4. The molecule has 1 aromatic rings. The van der Waals surface area contributed by atoms with Gasteiger partial charge in [-0.1, -0.05) is 47.0 Å². The summed E-state index contributed by atoms with van der Waals surface area (Å²) in [5.74, 6) is 0.780. The molecule has 9 heteroatoms. The first-order valence-electron chi connectivity index (χ1n) is 10.2. The Morgan fingerprint density at radius 3 is 2.72 bits per heavy atom. The number of fused-ring (bicyclic) bond motifs is 1. The molecule has 1 amide bonds. The molecule has 1 aliphatic carbocycles. The maximum atomic E-state index is 12.5. The van der Waals surface area contributed by atoms with Crippen LogP contribution < -0.4 is 21.1 Å². The smallest absolute Gasteiger partial charge is 0.230 e. The molecule has 29 heavy (non-hydrogen) atoms. The van der Waals surface area contributed by atoms with Crippen molar-refractivity contribution in [3.63, 3.8) is 0 Å². The zero-order valence-electron chi connectivity index (χ0n) is 16.5.